The predicted molar refractivity (Wildman–Crippen MR) is 120 cm³/mol. The summed E-state index contributed by atoms with van der Waals surface area (Å²) >= 11 is 13.3. The Morgan fingerprint density at radius 3 is 2.23 bits per heavy atom. The molecule has 0 spiro atoms. The van der Waals surface area contributed by atoms with Gasteiger partial charge < -0.3 is 24.8 Å². The van der Waals surface area contributed by atoms with Crippen molar-refractivity contribution < 1.29 is 14.2 Å². The van der Waals surface area contributed by atoms with Gasteiger partial charge in [-0.1, -0.05) is 23.2 Å². The number of fused-ring (bicyclic) bond motifs is 1. The molecule has 0 amide bonds. The number of ether oxygens (including phenoxy) is 3. The molecule has 3 aromatic rings. The number of anilines is 2. The Hall–Kier alpha value is -2.48. The standard InChI is InChI=1S/C21H22Cl2N4O3/c1-21(30-4)9-27(10-21)20-12-6-16(24)25-8-11(12)5-13(26-20)17-18(22)14(28-2)7-15(29-3)19(17)23/h5-8H,9-10H2,1-4H3,(H2,24,25). The van der Waals surface area contributed by atoms with Crippen LogP contribution in [0.1, 0.15) is 6.92 Å². The van der Waals surface area contributed by atoms with Crippen LogP contribution in [0.4, 0.5) is 11.6 Å². The second-order valence-electron chi connectivity index (χ2n) is 7.46. The monoisotopic (exact) mass is 448 g/mol. The molecule has 1 fully saturated rings. The number of rotatable bonds is 5. The van der Waals surface area contributed by atoms with Crippen molar-refractivity contribution in [2.24, 2.45) is 0 Å². The largest absolute Gasteiger partial charge is 0.495 e. The van der Waals surface area contributed by atoms with E-state index in [9.17, 15) is 0 Å². The third-order valence-electron chi connectivity index (χ3n) is 5.39. The van der Waals surface area contributed by atoms with E-state index in [1.807, 2.05) is 12.1 Å². The highest BCUT2D eigenvalue weighted by molar-refractivity contribution is 6.41. The Bertz CT molecular complexity index is 1100. The molecule has 2 aromatic heterocycles. The van der Waals surface area contributed by atoms with Crippen molar-refractivity contribution in [3.05, 3.63) is 34.4 Å². The fraction of sp³-hybridized carbons (Fsp3) is 0.333. The quantitative estimate of drug-likeness (QED) is 0.617. The number of nitrogen functional groups attached to an aromatic ring is 1. The van der Waals surface area contributed by atoms with Crippen molar-refractivity contribution >= 4 is 45.6 Å². The fourth-order valence-corrected chi connectivity index (χ4v) is 4.36. The molecule has 0 atom stereocenters. The third-order valence-corrected chi connectivity index (χ3v) is 6.14. The van der Waals surface area contributed by atoms with Crippen molar-refractivity contribution in [3.63, 3.8) is 0 Å². The number of aromatic nitrogens is 2. The number of hydrogen-bond acceptors (Lipinski definition) is 7. The number of benzene rings is 1. The average molecular weight is 449 g/mol. The van der Waals surface area contributed by atoms with Crippen molar-refractivity contribution in [3.8, 4) is 22.8 Å². The van der Waals surface area contributed by atoms with Gasteiger partial charge in [0.15, 0.2) is 0 Å². The SMILES string of the molecule is COc1cc(OC)c(Cl)c(-c2cc3cnc(N)cc3c(N3CC(C)(OC)C3)n2)c1Cl. The predicted octanol–water partition coefficient (Wildman–Crippen LogP) is 4.43. The second-order valence-corrected chi connectivity index (χ2v) is 8.21. The van der Waals surface area contributed by atoms with Crippen LogP contribution in [0.3, 0.4) is 0 Å². The number of halogens is 2. The molecule has 7 nitrogen and oxygen atoms in total. The first-order valence-electron chi connectivity index (χ1n) is 9.27. The lowest BCUT2D eigenvalue weighted by Crippen LogP contribution is -2.61. The smallest absolute Gasteiger partial charge is 0.141 e. The molecule has 1 aromatic carbocycles. The number of pyridine rings is 2. The van der Waals surface area contributed by atoms with Crippen molar-refractivity contribution in [2.75, 3.05) is 45.1 Å². The van der Waals surface area contributed by atoms with Gasteiger partial charge in [-0.25, -0.2) is 9.97 Å². The highest BCUT2D eigenvalue weighted by Gasteiger charge is 2.40. The number of nitrogens with two attached hydrogens (primary N) is 1. The molecule has 4 rings (SSSR count). The van der Waals surface area contributed by atoms with E-state index in [-0.39, 0.29) is 5.60 Å². The molecule has 9 heteroatoms. The Kier molecular flexibility index (Phi) is 5.30. The van der Waals surface area contributed by atoms with Gasteiger partial charge in [-0.05, 0) is 19.1 Å². The van der Waals surface area contributed by atoms with Gasteiger partial charge in [-0.3, -0.25) is 0 Å². The Labute approximate surface area is 184 Å². The maximum Gasteiger partial charge on any atom is 0.141 e. The normalized spacial score (nSPS) is 15.2. The summed E-state index contributed by atoms with van der Waals surface area (Å²) in [6.45, 7) is 3.45. The maximum absolute atomic E-state index is 6.63. The lowest BCUT2D eigenvalue weighted by Gasteiger charge is -2.47. The third kappa shape index (κ3) is 3.37. The van der Waals surface area contributed by atoms with Crippen molar-refractivity contribution in [2.45, 2.75) is 12.5 Å². The molecule has 2 N–H and O–H groups in total. The van der Waals surface area contributed by atoms with Crippen molar-refractivity contribution in [1.29, 1.82) is 0 Å². The van der Waals surface area contributed by atoms with E-state index >= 15 is 0 Å². The van der Waals surface area contributed by atoms with Gasteiger partial charge in [-0.2, -0.15) is 0 Å². The second kappa shape index (κ2) is 7.65. The first-order chi connectivity index (χ1) is 14.3. The number of hydrogen-bond donors (Lipinski definition) is 1. The Morgan fingerprint density at radius 1 is 1.03 bits per heavy atom. The van der Waals surface area contributed by atoms with E-state index in [4.69, 9.17) is 48.1 Å². The van der Waals surface area contributed by atoms with Crippen LogP contribution >= 0.6 is 23.2 Å². The molecule has 0 unspecified atom stereocenters. The topological polar surface area (TPSA) is 82.7 Å². The minimum atomic E-state index is -0.225. The number of nitrogens with zero attached hydrogens (tertiary/aromatic N) is 3. The summed E-state index contributed by atoms with van der Waals surface area (Å²) in [4.78, 5) is 11.3. The molecule has 3 heterocycles. The summed E-state index contributed by atoms with van der Waals surface area (Å²) in [6, 6.07) is 5.35. The molecule has 0 saturated carbocycles. The average Bonchev–Trinajstić information content (AvgIpc) is 2.71. The van der Waals surface area contributed by atoms with Gasteiger partial charge in [0, 0.05) is 48.8 Å². The van der Waals surface area contributed by atoms with Crippen LogP contribution in [-0.2, 0) is 4.74 Å². The lowest BCUT2D eigenvalue weighted by atomic mass is 9.95. The first kappa shape index (κ1) is 20.8. The van der Waals surface area contributed by atoms with Crippen LogP contribution < -0.4 is 20.1 Å². The summed E-state index contributed by atoms with van der Waals surface area (Å²) in [5.41, 5.74) is 6.84. The summed E-state index contributed by atoms with van der Waals surface area (Å²) < 4.78 is 16.4. The molecule has 0 aliphatic carbocycles. The molecule has 0 radical (unpaired) electrons. The summed E-state index contributed by atoms with van der Waals surface area (Å²) in [5.74, 6) is 2.08. The zero-order valence-electron chi connectivity index (χ0n) is 17.1. The summed E-state index contributed by atoms with van der Waals surface area (Å²) in [7, 11) is 4.79. The van der Waals surface area contributed by atoms with E-state index in [1.54, 1.807) is 19.4 Å². The van der Waals surface area contributed by atoms with E-state index < -0.39 is 0 Å². The molecular formula is C21H22Cl2N4O3. The molecule has 1 saturated heterocycles. The molecule has 1 aliphatic rings. The van der Waals surface area contributed by atoms with Crippen LogP contribution in [0.15, 0.2) is 24.4 Å². The lowest BCUT2D eigenvalue weighted by molar-refractivity contribution is -0.0169. The summed E-state index contributed by atoms with van der Waals surface area (Å²) in [6.07, 6.45) is 1.72. The van der Waals surface area contributed by atoms with Gasteiger partial charge in [0.05, 0.1) is 35.6 Å². The Balaban J connectivity index is 1.95. The van der Waals surface area contributed by atoms with Crippen LogP contribution in [0.2, 0.25) is 10.0 Å². The highest BCUT2D eigenvalue weighted by Crippen LogP contribution is 2.47. The highest BCUT2D eigenvalue weighted by atomic mass is 35.5. The van der Waals surface area contributed by atoms with Crippen LogP contribution in [-0.4, -0.2) is 50.0 Å². The van der Waals surface area contributed by atoms with Crippen molar-refractivity contribution in [1.82, 2.24) is 9.97 Å². The molecular weight excluding hydrogens is 427 g/mol. The van der Waals surface area contributed by atoms with Gasteiger partial charge in [0.25, 0.3) is 0 Å². The maximum atomic E-state index is 6.63. The first-order valence-corrected chi connectivity index (χ1v) is 10.0. The summed E-state index contributed by atoms with van der Waals surface area (Å²) in [5, 5.41) is 2.47. The van der Waals surface area contributed by atoms with Gasteiger partial charge in [0.1, 0.15) is 23.1 Å². The van der Waals surface area contributed by atoms with Gasteiger partial charge >= 0.3 is 0 Å². The minimum Gasteiger partial charge on any atom is -0.495 e. The zero-order valence-corrected chi connectivity index (χ0v) is 18.6. The fourth-order valence-electron chi connectivity index (χ4n) is 3.66. The Morgan fingerprint density at radius 2 is 1.67 bits per heavy atom. The molecule has 1 aliphatic heterocycles. The number of methoxy groups -OCH3 is 3. The molecule has 0 bridgehead atoms. The van der Waals surface area contributed by atoms with Crippen LogP contribution in [0.5, 0.6) is 11.5 Å². The zero-order chi connectivity index (χ0) is 21.6. The van der Waals surface area contributed by atoms with Gasteiger partial charge in [-0.15, -0.1) is 0 Å². The van der Waals surface area contributed by atoms with E-state index in [0.717, 1.165) is 16.6 Å². The molecule has 158 valence electrons. The van der Waals surface area contributed by atoms with E-state index in [2.05, 4.69) is 16.8 Å². The minimum absolute atomic E-state index is 0.225. The molecule has 30 heavy (non-hydrogen) atoms. The van der Waals surface area contributed by atoms with E-state index in [1.165, 1.54) is 14.2 Å². The van der Waals surface area contributed by atoms with Crippen LogP contribution in [0.25, 0.3) is 22.0 Å². The van der Waals surface area contributed by atoms with Crippen LogP contribution in [0, 0.1) is 0 Å². The van der Waals surface area contributed by atoms with E-state index in [0.29, 0.717) is 51.7 Å². The van der Waals surface area contributed by atoms with Gasteiger partial charge in [0.2, 0.25) is 0 Å².